The second-order valence-corrected chi connectivity index (χ2v) is 6.19. The Morgan fingerprint density at radius 2 is 1.96 bits per heavy atom. The molecule has 1 heterocycles. The van der Waals surface area contributed by atoms with E-state index in [1.54, 1.807) is 30.7 Å². The lowest BCUT2D eigenvalue weighted by Crippen LogP contribution is -2.11. The number of halogens is 2. The van der Waals surface area contributed by atoms with Crippen molar-refractivity contribution < 1.29 is 9.53 Å². The van der Waals surface area contributed by atoms with E-state index in [0.717, 1.165) is 11.1 Å². The van der Waals surface area contributed by atoms with E-state index in [9.17, 15) is 4.79 Å². The van der Waals surface area contributed by atoms with Crippen LogP contribution in [0.5, 0.6) is 5.75 Å². The highest BCUT2D eigenvalue weighted by Crippen LogP contribution is 2.28. The largest absolute Gasteiger partial charge is 0.422 e. The number of nitrogens with zero attached hydrogens (tertiary/aromatic N) is 2. The van der Waals surface area contributed by atoms with Crippen molar-refractivity contribution in [3.8, 4) is 5.75 Å². The van der Waals surface area contributed by atoms with Crippen molar-refractivity contribution in [3.63, 3.8) is 0 Å². The number of carbonyl (C=O) groups is 1. The van der Waals surface area contributed by atoms with Crippen molar-refractivity contribution >= 4 is 34.7 Å². The zero-order chi connectivity index (χ0) is 17.8. The molecule has 0 aliphatic carbocycles. The Labute approximate surface area is 155 Å². The van der Waals surface area contributed by atoms with Crippen molar-refractivity contribution in [3.05, 3.63) is 88.9 Å². The van der Waals surface area contributed by atoms with Crippen LogP contribution in [0.4, 0.5) is 0 Å². The summed E-state index contributed by atoms with van der Waals surface area (Å²) in [6.07, 6.45) is 5.24. The summed E-state index contributed by atoms with van der Waals surface area (Å²) in [5, 5.41) is 0.697. The molecule has 126 valence electrons. The number of esters is 1. The van der Waals surface area contributed by atoms with Crippen LogP contribution in [0.2, 0.25) is 10.0 Å². The first kappa shape index (κ1) is 17.3. The molecule has 0 atom stereocenters. The van der Waals surface area contributed by atoms with Crippen LogP contribution < -0.4 is 4.74 Å². The van der Waals surface area contributed by atoms with Gasteiger partial charge < -0.3 is 9.30 Å². The number of aromatic nitrogens is 2. The fourth-order valence-electron chi connectivity index (χ4n) is 2.34. The van der Waals surface area contributed by atoms with Gasteiger partial charge in [-0.25, -0.2) is 9.78 Å². The van der Waals surface area contributed by atoms with Crippen molar-refractivity contribution in [2.75, 3.05) is 0 Å². The number of hydrogen-bond donors (Lipinski definition) is 0. The minimum absolute atomic E-state index is 0.243. The molecule has 0 saturated carbocycles. The van der Waals surface area contributed by atoms with E-state index < -0.39 is 5.97 Å². The minimum Gasteiger partial charge on any atom is -0.422 e. The van der Waals surface area contributed by atoms with Crippen LogP contribution in [0, 0.1) is 0 Å². The maximum absolute atomic E-state index is 12.4. The van der Waals surface area contributed by atoms with Gasteiger partial charge in [0.15, 0.2) is 0 Å². The molecule has 0 unspecified atom stereocenters. The molecule has 0 aliphatic rings. The molecule has 3 rings (SSSR count). The Morgan fingerprint density at radius 3 is 2.68 bits per heavy atom. The number of benzene rings is 2. The third-order valence-corrected chi connectivity index (χ3v) is 4.10. The molecule has 0 spiro atoms. The summed E-state index contributed by atoms with van der Waals surface area (Å²) < 4.78 is 7.43. The van der Waals surface area contributed by atoms with Gasteiger partial charge in [0.2, 0.25) is 0 Å². The van der Waals surface area contributed by atoms with E-state index in [1.807, 2.05) is 22.9 Å². The van der Waals surface area contributed by atoms with Crippen LogP contribution >= 0.6 is 23.2 Å². The normalized spacial score (nSPS) is 10.5. The Hall–Kier alpha value is -2.56. The first-order valence-corrected chi connectivity index (χ1v) is 8.20. The fourth-order valence-corrected chi connectivity index (χ4v) is 2.83. The number of carbonyl (C=O) groups excluding carboxylic acids is 1. The first-order valence-electron chi connectivity index (χ1n) is 7.45. The van der Waals surface area contributed by atoms with E-state index in [0.29, 0.717) is 17.3 Å². The van der Waals surface area contributed by atoms with Gasteiger partial charge in [-0.15, -0.1) is 0 Å². The molecule has 0 N–H and O–H groups in total. The Balaban J connectivity index is 1.83. The first-order chi connectivity index (χ1) is 12.0. The molecular weight excluding hydrogens is 359 g/mol. The quantitative estimate of drug-likeness (QED) is 0.460. The summed E-state index contributed by atoms with van der Waals surface area (Å²) in [6, 6.07) is 11.9. The fraction of sp³-hybridized carbons (Fsp3) is 0.0526. The number of para-hydroxylation sites is 1. The molecule has 3 aromatic rings. The minimum atomic E-state index is -0.551. The maximum atomic E-state index is 12.4. The molecule has 25 heavy (non-hydrogen) atoms. The summed E-state index contributed by atoms with van der Waals surface area (Å²) in [4.78, 5) is 16.5. The summed E-state index contributed by atoms with van der Waals surface area (Å²) in [5.41, 5.74) is 1.79. The number of allylic oxidation sites excluding steroid dienone is 1. The summed E-state index contributed by atoms with van der Waals surface area (Å²) in [6.45, 7) is 4.62. The third-order valence-electron chi connectivity index (χ3n) is 3.55. The summed E-state index contributed by atoms with van der Waals surface area (Å²) >= 11 is 11.9. The van der Waals surface area contributed by atoms with Crippen LogP contribution in [-0.4, -0.2) is 15.5 Å². The predicted octanol–water partition coefficient (Wildman–Crippen LogP) is 5.12. The van der Waals surface area contributed by atoms with E-state index in [-0.39, 0.29) is 10.6 Å². The van der Waals surface area contributed by atoms with Crippen LogP contribution in [0.25, 0.3) is 5.57 Å². The summed E-state index contributed by atoms with van der Waals surface area (Å²) in [7, 11) is 0. The van der Waals surface area contributed by atoms with Gasteiger partial charge in [0.25, 0.3) is 0 Å². The van der Waals surface area contributed by atoms with Crippen molar-refractivity contribution in [2.24, 2.45) is 0 Å². The molecule has 0 fully saturated rings. The highest BCUT2D eigenvalue weighted by atomic mass is 35.5. The van der Waals surface area contributed by atoms with E-state index in [2.05, 4.69) is 11.6 Å². The topological polar surface area (TPSA) is 44.1 Å². The zero-order valence-electron chi connectivity index (χ0n) is 13.2. The van der Waals surface area contributed by atoms with Gasteiger partial charge in [0.1, 0.15) is 5.75 Å². The van der Waals surface area contributed by atoms with Gasteiger partial charge in [-0.3, -0.25) is 0 Å². The molecular formula is C19H14Cl2N2O2. The smallest absolute Gasteiger partial charge is 0.345 e. The van der Waals surface area contributed by atoms with Gasteiger partial charge in [-0.1, -0.05) is 48.0 Å². The van der Waals surface area contributed by atoms with Gasteiger partial charge in [-0.05, 0) is 29.8 Å². The molecule has 0 aliphatic heterocycles. The molecule has 1 aromatic heterocycles. The Morgan fingerprint density at radius 1 is 1.16 bits per heavy atom. The van der Waals surface area contributed by atoms with Crippen LogP contribution in [0.1, 0.15) is 15.9 Å². The molecule has 0 radical (unpaired) electrons. The third kappa shape index (κ3) is 4.10. The van der Waals surface area contributed by atoms with E-state index in [4.69, 9.17) is 27.9 Å². The lowest BCUT2D eigenvalue weighted by atomic mass is 10.1. The van der Waals surface area contributed by atoms with Gasteiger partial charge in [0, 0.05) is 29.5 Å². The highest BCUT2D eigenvalue weighted by molar-refractivity contribution is 6.36. The molecule has 0 amide bonds. The van der Waals surface area contributed by atoms with Gasteiger partial charge in [0.05, 0.1) is 16.9 Å². The standard InChI is InChI=1S/C19H14Cl2N2O2/c1-13(11-23-9-8-22-12-23)15-4-2-3-5-18(15)25-19(24)16-7-6-14(20)10-17(16)21/h2-10,12H,1,11H2. The van der Waals surface area contributed by atoms with Gasteiger partial charge in [-0.2, -0.15) is 0 Å². The number of imidazole rings is 1. The van der Waals surface area contributed by atoms with Crippen LogP contribution in [0.15, 0.2) is 67.8 Å². The maximum Gasteiger partial charge on any atom is 0.345 e. The zero-order valence-corrected chi connectivity index (χ0v) is 14.7. The van der Waals surface area contributed by atoms with Crippen LogP contribution in [0.3, 0.4) is 0 Å². The lowest BCUT2D eigenvalue weighted by Gasteiger charge is -2.13. The van der Waals surface area contributed by atoms with E-state index in [1.165, 1.54) is 12.1 Å². The average Bonchev–Trinajstić information content (AvgIpc) is 3.08. The van der Waals surface area contributed by atoms with Crippen molar-refractivity contribution in [1.29, 1.82) is 0 Å². The second kappa shape index (κ2) is 7.55. The highest BCUT2D eigenvalue weighted by Gasteiger charge is 2.16. The molecule has 0 bridgehead atoms. The van der Waals surface area contributed by atoms with Crippen molar-refractivity contribution in [2.45, 2.75) is 6.54 Å². The molecule has 0 saturated heterocycles. The van der Waals surface area contributed by atoms with Crippen LogP contribution in [-0.2, 0) is 6.54 Å². The Kier molecular flexibility index (Phi) is 5.22. The molecule has 2 aromatic carbocycles. The van der Waals surface area contributed by atoms with E-state index >= 15 is 0 Å². The number of hydrogen-bond acceptors (Lipinski definition) is 3. The SMILES string of the molecule is C=C(Cn1ccnc1)c1ccccc1OC(=O)c1ccc(Cl)cc1Cl. The molecule has 4 nitrogen and oxygen atoms in total. The second-order valence-electron chi connectivity index (χ2n) is 5.35. The average molecular weight is 373 g/mol. The molecule has 6 heteroatoms. The number of rotatable bonds is 5. The predicted molar refractivity (Wildman–Crippen MR) is 99.1 cm³/mol. The van der Waals surface area contributed by atoms with Crippen molar-refractivity contribution in [1.82, 2.24) is 9.55 Å². The summed E-state index contributed by atoms with van der Waals surface area (Å²) in [5.74, 6) is -0.131. The number of ether oxygens (including phenoxy) is 1. The van der Waals surface area contributed by atoms with Gasteiger partial charge >= 0.3 is 5.97 Å². The Bertz CT molecular complexity index is 921. The monoisotopic (exact) mass is 372 g/mol. The lowest BCUT2D eigenvalue weighted by molar-refractivity contribution is 0.0734.